The van der Waals surface area contributed by atoms with Gasteiger partial charge in [-0.2, -0.15) is 0 Å². The Balaban J connectivity index is 0.00000729. The maximum absolute atomic E-state index is 11.4. The average Bonchev–Trinajstić information content (AvgIpc) is 2.65. The first-order valence-corrected chi connectivity index (χ1v) is 11.3. The second kappa shape index (κ2) is 15.0. The van der Waals surface area contributed by atoms with Crippen LogP contribution in [0.5, 0.6) is 0 Å². The highest BCUT2D eigenvalue weighted by atomic mass is 127. The summed E-state index contributed by atoms with van der Waals surface area (Å²) in [6, 6.07) is 10.8. The van der Waals surface area contributed by atoms with Crippen molar-refractivity contribution in [2.45, 2.75) is 39.8 Å². The molecule has 3 N–H and O–H groups in total. The molecule has 0 amide bonds. The molecule has 1 atom stereocenters. The summed E-state index contributed by atoms with van der Waals surface area (Å²) >= 11 is 0. The van der Waals surface area contributed by atoms with Gasteiger partial charge >= 0.3 is 0 Å². The minimum absolute atomic E-state index is 0. The van der Waals surface area contributed by atoms with Gasteiger partial charge in [0.1, 0.15) is 0 Å². The van der Waals surface area contributed by atoms with Crippen LogP contribution in [0.25, 0.3) is 0 Å². The zero-order valence-electron chi connectivity index (χ0n) is 17.4. The van der Waals surface area contributed by atoms with Gasteiger partial charge < -0.3 is 10.6 Å². The Morgan fingerprint density at radius 2 is 1.82 bits per heavy atom. The van der Waals surface area contributed by atoms with Gasteiger partial charge in [-0.05, 0) is 39.8 Å². The van der Waals surface area contributed by atoms with Crippen molar-refractivity contribution in [1.29, 1.82) is 0 Å². The molecule has 28 heavy (non-hydrogen) atoms. The molecule has 0 aliphatic rings. The normalized spacial score (nSPS) is 13.1. The standard InChI is InChI=1S/C19H35N5O2S.HI/c1-5-20-19(22-14-15-23-27(25,26)6-2)21-13-12-17(3)24(4)16-18-10-8-7-9-11-18;/h7-11,17,23H,5-6,12-16H2,1-4H3,(H2,20,21,22);1H. The van der Waals surface area contributed by atoms with Gasteiger partial charge in [0.2, 0.25) is 10.0 Å². The third-order valence-corrected chi connectivity index (χ3v) is 5.71. The number of rotatable bonds is 12. The molecular weight excluding hydrogens is 489 g/mol. The number of benzene rings is 1. The van der Waals surface area contributed by atoms with E-state index in [1.807, 2.05) is 13.0 Å². The van der Waals surface area contributed by atoms with Crippen molar-refractivity contribution in [1.82, 2.24) is 20.3 Å². The molecule has 0 aliphatic heterocycles. The van der Waals surface area contributed by atoms with E-state index in [2.05, 4.69) is 63.5 Å². The molecule has 0 bridgehead atoms. The third kappa shape index (κ3) is 11.8. The minimum Gasteiger partial charge on any atom is -0.357 e. The van der Waals surface area contributed by atoms with Crippen LogP contribution in [-0.4, -0.2) is 64.3 Å². The molecule has 0 heterocycles. The van der Waals surface area contributed by atoms with Crippen molar-refractivity contribution >= 4 is 40.0 Å². The van der Waals surface area contributed by atoms with E-state index in [1.165, 1.54) is 5.56 Å². The van der Waals surface area contributed by atoms with Crippen LogP contribution in [0.2, 0.25) is 0 Å². The van der Waals surface area contributed by atoms with Gasteiger partial charge in [-0.15, -0.1) is 24.0 Å². The lowest BCUT2D eigenvalue weighted by atomic mass is 10.1. The summed E-state index contributed by atoms with van der Waals surface area (Å²) < 4.78 is 25.4. The Morgan fingerprint density at radius 3 is 2.43 bits per heavy atom. The highest BCUT2D eigenvalue weighted by Crippen LogP contribution is 2.08. The maximum Gasteiger partial charge on any atom is 0.211 e. The monoisotopic (exact) mass is 525 g/mol. The summed E-state index contributed by atoms with van der Waals surface area (Å²) in [5, 5.41) is 6.34. The highest BCUT2D eigenvalue weighted by Gasteiger charge is 2.09. The zero-order chi connectivity index (χ0) is 20.1. The second-order valence-electron chi connectivity index (χ2n) is 6.52. The molecule has 162 valence electrons. The number of hydrogen-bond donors (Lipinski definition) is 3. The van der Waals surface area contributed by atoms with Gasteiger partial charge in [-0.3, -0.25) is 9.89 Å². The van der Waals surface area contributed by atoms with E-state index in [0.717, 1.165) is 19.5 Å². The minimum atomic E-state index is -3.15. The van der Waals surface area contributed by atoms with E-state index in [4.69, 9.17) is 0 Å². The quantitative estimate of drug-likeness (QED) is 0.168. The predicted octanol–water partition coefficient (Wildman–Crippen LogP) is 2.01. The number of hydrogen-bond acceptors (Lipinski definition) is 4. The van der Waals surface area contributed by atoms with Gasteiger partial charge in [0.15, 0.2) is 5.96 Å². The van der Waals surface area contributed by atoms with Crippen molar-refractivity contribution < 1.29 is 8.42 Å². The lowest BCUT2D eigenvalue weighted by Crippen LogP contribution is -2.42. The highest BCUT2D eigenvalue weighted by molar-refractivity contribution is 14.0. The molecule has 1 rings (SSSR count). The molecule has 0 aromatic heterocycles. The van der Waals surface area contributed by atoms with Gasteiger partial charge in [-0.1, -0.05) is 30.3 Å². The van der Waals surface area contributed by atoms with Crippen LogP contribution in [-0.2, 0) is 16.6 Å². The maximum atomic E-state index is 11.4. The summed E-state index contributed by atoms with van der Waals surface area (Å²) in [7, 11) is -1.02. The van der Waals surface area contributed by atoms with E-state index < -0.39 is 10.0 Å². The van der Waals surface area contributed by atoms with E-state index in [-0.39, 0.29) is 29.7 Å². The second-order valence-corrected chi connectivity index (χ2v) is 8.62. The Morgan fingerprint density at radius 1 is 1.14 bits per heavy atom. The summed E-state index contributed by atoms with van der Waals surface area (Å²) in [5.41, 5.74) is 1.31. The Kier molecular flexibility index (Phi) is 14.5. The fraction of sp³-hybridized carbons (Fsp3) is 0.632. The van der Waals surface area contributed by atoms with Crippen LogP contribution in [0.4, 0.5) is 0 Å². The van der Waals surface area contributed by atoms with Gasteiger partial charge in [0.25, 0.3) is 0 Å². The molecule has 1 aromatic carbocycles. The van der Waals surface area contributed by atoms with Crippen molar-refractivity contribution in [3.63, 3.8) is 0 Å². The first-order valence-electron chi connectivity index (χ1n) is 9.61. The molecule has 0 fully saturated rings. The van der Waals surface area contributed by atoms with Crippen molar-refractivity contribution in [3.05, 3.63) is 35.9 Å². The average molecular weight is 526 g/mol. The fourth-order valence-corrected chi connectivity index (χ4v) is 3.06. The fourth-order valence-electron chi connectivity index (χ4n) is 2.44. The Labute approximate surface area is 187 Å². The molecule has 9 heteroatoms. The molecule has 0 saturated heterocycles. The topological polar surface area (TPSA) is 85.8 Å². The van der Waals surface area contributed by atoms with Crippen molar-refractivity contribution in [2.75, 3.05) is 39.0 Å². The molecule has 7 nitrogen and oxygen atoms in total. The zero-order valence-corrected chi connectivity index (χ0v) is 20.6. The largest absolute Gasteiger partial charge is 0.357 e. The van der Waals surface area contributed by atoms with Crippen LogP contribution in [0, 0.1) is 0 Å². The Bertz CT molecular complexity index is 656. The number of aliphatic imine (C=N–C) groups is 1. The SMILES string of the molecule is CCNC(=NCCC(C)N(C)Cc1ccccc1)NCCNS(=O)(=O)CC.I. The van der Waals surface area contributed by atoms with Gasteiger partial charge in [-0.25, -0.2) is 13.1 Å². The van der Waals surface area contributed by atoms with E-state index in [0.29, 0.717) is 31.6 Å². The smallest absolute Gasteiger partial charge is 0.211 e. The van der Waals surface area contributed by atoms with Crippen LogP contribution in [0.3, 0.4) is 0 Å². The predicted molar refractivity (Wildman–Crippen MR) is 129 cm³/mol. The molecule has 1 unspecified atom stereocenters. The molecule has 0 spiro atoms. The summed E-state index contributed by atoms with van der Waals surface area (Å²) in [4.78, 5) is 6.91. The molecular formula is C19H36IN5O2S. The lowest BCUT2D eigenvalue weighted by Gasteiger charge is -2.24. The van der Waals surface area contributed by atoms with Crippen LogP contribution < -0.4 is 15.4 Å². The van der Waals surface area contributed by atoms with Crippen LogP contribution in [0.1, 0.15) is 32.8 Å². The third-order valence-electron chi connectivity index (χ3n) is 4.31. The van der Waals surface area contributed by atoms with E-state index in [9.17, 15) is 8.42 Å². The van der Waals surface area contributed by atoms with E-state index in [1.54, 1.807) is 6.92 Å². The van der Waals surface area contributed by atoms with Crippen LogP contribution >= 0.6 is 24.0 Å². The summed E-state index contributed by atoms with van der Waals surface area (Å²) in [5.74, 6) is 0.807. The van der Waals surface area contributed by atoms with Crippen molar-refractivity contribution in [3.8, 4) is 0 Å². The number of halogens is 1. The van der Waals surface area contributed by atoms with Gasteiger partial charge in [0.05, 0.1) is 5.75 Å². The first-order chi connectivity index (χ1) is 12.9. The van der Waals surface area contributed by atoms with Crippen LogP contribution in [0.15, 0.2) is 35.3 Å². The molecule has 1 aromatic rings. The van der Waals surface area contributed by atoms with E-state index >= 15 is 0 Å². The summed E-state index contributed by atoms with van der Waals surface area (Å²) in [6.45, 7) is 9.06. The lowest BCUT2D eigenvalue weighted by molar-refractivity contribution is 0.240. The number of guanidine groups is 1. The number of nitrogens with one attached hydrogen (secondary N) is 3. The first kappa shape index (κ1) is 27.1. The Hall–Kier alpha value is -0.910. The number of sulfonamides is 1. The summed E-state index contributed by atoms with van der Waals surface area (Å²) in [6.07, 6.45) is 0.947. The van der Waals surface area contributed by atoms with Crippen molar-refractivity contribution in [2.24, 2.45) is 4.99 Å². The number of nitrogens with zero attached hydrogens (tertiary/aromatic N) is 2. The molecule has 0 radical (unpaired) electrons. The van der Waals surface area contributed by atoms with Gasteiger partial charge in [0, 0.05) is 38.8 Å². The molecule has 0 saturated carbocycles. The molecule has 0 aliphatic carbocycles.